The fourth-order valence-electron chi connectivity index (χ4n) is 3.40. The Kier molecular flexibility index (Phi) is 8.08. The van der Waals surface area contributed by atoms with Crippen molar-refractivity contribution in [1.29, 1.82) is 0 Å². The van der Waals surface area contributed by atoms with E-state index in [2.05, 4.69) is 10.6 Å². The van der Waals surface area contributed by atoms with Crippen LogP contribution in [-0.4, -0.2) is 18.9 Å². The number of halogens is 1. The lowest BCUT2D eigenvalue weighted by atomic mass is 10.1. The molecule has 4 rings (SSSR count). The van der Waals surface area contributed by atoms with Crippen LogP contribution in [-0.2, 0) is 4.79 Å². The minimum absolute atomic E-state index is 0.170. The SMILES string of the molecule is COc1ccc(C(=O)Nc2cccc(SC(C(=O)Nc3cccc(Cl)c3)c3ccccc3)c2)cc1. The Morgan fingerprint density at radius 3 is 2.17 bits per heavy atom. The molecule has 4 aromatic carbocycles. The minimum Gasteiger partial charge on any atom is -0.497 e. The zero-order chi connectivity index (χ0) is 24.6. The predicted octanol–water partition coefficient (Wildman–Crippen LogP) is 7.07. The van der Waals surface area contributed by atoms with Gasteiger partial charge >= 0.3 is 0 Å². The summed E-state index contributed by atoms with van der Waals surface area (Å²) in [5.74, 6) is 0.284. The fourth-order valence-corrected chi connectivity index (χ4v) is 4.68. The van der Waals surface area contributed by atoms with Gasteiger partial charge in [0, 0.05) is 26.9 Å². The zero-order valence-electron chi connectivity index (χ0n) is 18.9. The first-order chi connectivity index (χ1) is 17.0. The fraction of sp³-hybridized carbons (Fsp3) is 0.0714. The highest BCUT2D eigenvalue weighted by molar-refractivity contribution is 8.00. The van der Waals surface area contributed by atoms with Gasteiger partial charge in [-0.05, 0) is 66.2 Å². The van der Waals surface area contributed by atoms with Gasteiger partial charge in [0.15, 0.2) is 0 Å². The maximum atomic E-state index is 13.3. The van der Waals surface area contributed by atoms with Crippen LogP contribution in [0.15, 0.2) is 108 Å². The molecule has 176 valence electrons. The first-order valence-corrected chi connectivity index (χ1v) is 12.1. The number of hydrogen-bond donors (Lipinski definition) is 2. The number of carbonyl (C=O) groups is 2. The van der Waals surface area contributed by atoms with Crippen molar-refractivity contribution >= 4 is 46.6 Å². The summed E-state index contributed by atoms with van der Waals surface area (Å²) >= 11 is 7.48. The van der Waals surface area contributed by atoms with Gasteiger partial charge in [-0.1, -0.05) is 54.1 Å². The van der Waals surface area contributed by atoms with Gasteiger partial charge in [-0.15, -0.1) is 11.8 Å². The molecule has 35 heavy (non-hydrogen) atoms. The molecule has 1 atom stereocenters. The molecule has 2 amide bonds. The number of nitrogens with one attached hydrogen (secondary N) is 2. The van der Waals surface area contributed by atoms with Crippen molar-refractivity contribution in [1.82, 2.24) is 0 Å². The van der Waals surface area contributed by atoms with Crippen LogP contribution in [0.3, 0.4) is 0 Å². The van der Waals surface area contributed by atoms with Gasteiger partial charge in [-0.25, -0.2) is 0 Å². The summed E-state index contributed by atoms with van der Waals surface area (Å²) in [5, 5.41) is 5.91. The van der Waals surface area contributed by atoms with E-state index in [1.165, 1.54) is 11.8 Å². The Balaban J connectivity index is 1.52. The van der Waals surface area contributed by atoms with Crippen molar-refractivity contribution < 1.29 is 14.3 Å². The number of rotatable bonds is 8. The zero-order valence-corrected chi connectivity index (χ0v) is 20.5. The quantitative estimate of drug-likeness (QED) is 0.253. The molecule has 0 aliphatic carbocycles. The second-order valence-electron chi connectivity index (χ2n) is 7.62. The highest BCUT2D eigenvalue weighted by Gasteiger charge is 2.22. The largest absolute Gasteiger partial charge is 0.497 e. The topological polar surface area (TPSA) is 67.4 Å². The summed E-state index contributed by atoms with van der Waals surface area (Å²) in [6, 6.07) is 30.9. The number of amides is 2. The van der Waals surface area contributed by atoms with E-state index in [-0.39, 0.29) is 11.8 Å². The Morgan fingerprint density at radius 1 is 0.800 bits per heavy atom. The number of benzene rings is 4. The third-order valence-electron chi connectivity index (χ3n) is 5.13. The Bertz CT molecular complexity index is 1310. The van der Waals surface area contributed by atoms with Crippen molar-refractivity contribution in [3.05, 3.63) is 119 Å². The van der Waals surface area contributed by atoms with Crippen LogP contribution in [0, 0.1) is 0 Å². The first kappa shape index (κ1) is 24.4. The van der Waals surface area contributed by atoms with E-state index < -0.39 is 5.25 Å². The Morgan fingerprint density at radius 2 is 1.49 bits per heavy atom. The van der Waals surface area contributed by atoms with E-state index in [1.54, 1.807) is 55.6 Å². The molecule has 0 saturated carbocycles. The molecule has 2 N–H and O–H groups in total. The van der Waals surface area contributed by atoms with Crippen LogP contribution in [0.2, 0.25) is 5.02 Å². The van der Waals surface area contributed by atoms with Crippen LogP contribution in [0.4, 0.5) is 11.4 Å². The number of anilines is 2. The molecule has 0 fully saturated rings. The van der Waals surface area contributed by atoms with E-state index in [0.29, 0.717) is 27.7 Å². The maximum Gasteiger partial charge on any atom is 0.255 e. The highest BCUT2D eigenvalue weighted by atomic mass is 35.5. The third-order valence-corrected chi connectivity index (χ3v) is 6.61. The monoisotopic (exact) mass is 502 g/mol. The molecule has 1 unspecified atom stereocenters. The number of carbonyl (C=O) groups excluding carboxylic acids is 2. The van der Waals surface area contributed by atoms with E-state index in [9.17, 15) is 9.59 Å². The summed E-state index contributed by atoms with van der Waals surface area (Å²) in [6.45, 7) is 0. The van der Waals surface area contributed by atoms with Crippen molar-refractivity contribution in [3.8, 4) is 5.75 Å². The lowest BCUT2D eigenvalue weighted by Gasteiger charge is -2.18. The van der Waals surface area contributed by atoms with Gasteiger partial charge in [-0.3, -0.25) is 9.59 Å². The normalized spacial score (nSPS) is 11.4. The third kappa shape index (κ3) is 6.66. The molecular weight excluding hydrogens is 480 g/mol. The number of ether oxygens (including phenoxy) is 1. The molecular formula is C28H23ClN2O3S. The summed E-state index contributed by atoms with van der Waals surface area (Å²) < 4.78 is 5.15. The molecule has 0 aliphatic heterocycles. The molecule has 0 radical (unpaired) electrons. The number of thioether (sulfide) groups is 1. The Hall–Kier alpha value is -3.74. The standard InChI is InChI=1S/C28H23ClN2O3S/c1-34-24-15-13-20(14-16-24)27(32)30-23-11-6-12-25(18-23)35-26(19-7-3-2-4-8-19)28(33)31-22-10-5-9-21(29)17-22/h2-18,26H,1H3,(H,30,32)(H,31,33). The van der Waals surface area contributed by atoms with Crippen molar-refractivity contribution in [2.24, 2.45) is 0 Å². The summed E-state index contributed by atoms with van der Waals surface area (Å²) in [5.41, 5.74) is 2.65. The van der Waals surface area contributed by atoms with E-state index in [4.69, 9.17) is 16.3 Å². The van der Waals surface area contributed by atoms with Gasteiger partial charge in [0.05, 0.1) is 7.11 Å². The molecule has 0 bridgehead atoms. The van der Waals surface area contributed by atoms with Crippen LogP contribution in [0.5, 0.6) is 5.75 Å². The number of methoxy groups -OCH3 is 1. The molecule has 0 spiro atoms. The smallest absolute Gasteiger partial charge is 0.255 e. The lowest BCUT2D eigenvalue weighted by Crippen LogP contribution is -2.19. The maximum absolute atomic E-state index is 13.3. The average Bonchev–Trinajstić information content (AvgIpc) is 2.88. The van der Waals surface area contributed by atoms with E-state index in [0.717, 1.165) is 10.5 Å². The van der Waals surface area contributed by atoms with Crippen LogP contribution < -0.4 is 15.4 Å². The summed E-state index contributed by atoms with van der Waals surface area (Å²) in [7, 11) is 1.58. The minimum atomic E-state index is -0.511. The lowest BCUT2D eigenvalue weighted by molar-refractivity contribution is -0.115. The molecule has 7 heteroatoms. The Labute approximate surface area is 213 Å². The van der Waals surface area contributed by atoms with Gasteiger partial charge < -0.3 is 15.4 Å². The van der Waals surface area contributed by atoms with Gasteiger partial charge in [0.1, 0.15) is 11.0 Å². The molecule has 4 aromatic rings. The summed E-state index contributed by atoms with van der Waals surface area (Å²) in [4.78, 5) is 26.8. The van der Waals surface area contributed by atoms with Gasteiger partial charge in [0.2, 0.25) is 5.91 Å². The van der Waals surface area contributed by atoms with E-state index >= 15 is 0 Å². The molecule has 5 nitrogen and oxygen atoms in total. The average molecular weight is 503 g/mol. The molecule has 0 aliphatic rings. The second kappa shape index (κ2) is 11.6. The molecule has 0 aromatic heterocycles. The van der Waals surface area contributed by atoms with Gasteiger partial charge in [0.25, 0.3) is 5.91 Å². The van der Waals surface area contributed by atoms with E-state index in [1.807, 2.05) is 54.6 Å². The summed E-state index contributed by atoms with van der Waals surface area (Å²) in [6.07, 6.45) is 0. The van der Waals surface area contributed by atoms with Gasteiger partial charge in [-0.2, -0.15) is 0 Å². The molecule has 0 saturated heterocycles. The van der Waals surface area contributed by atoms with Crippen molar-refractivity contribution in [2.75, 3.05) is 17.7 Å². The highest BCUT2D eigenvalue weighted by Crippen LogP contribution is 2.37. The van der Waals surface area contributed by atoms with Crippen molar-refractivity contribution in [2.45, 2.75) is 10.1 Å². The van der Waals surface area contributed by atoms with Crippen LogP contribution in [0.25, 0.3) is 0 Å². The predicted molar refractivity (Wildman–Crippen MR) is 143 cm³/mol. The molecule has 0 heterocycles. The van der Waals surface area contributed by atoms with Crippen LogP contribution in [0.1, 0.15) is 21.2 Å². The first-order valence-electron chi connectivity index (χ1n) is 10.9. The van der Waals surface area contributed by atoms with Crippen LogP contribution >= 0.6 is 23.4 Å². The number of hydrogen-bond acceptors (Lipinski definition) is 4. The van der Waals surface area contributed by atoms with Crippen molar-refractivity contribution in [3.63, 3.8) is 0 Å². The second-order valence-corrected chi connectivity index (χ2v) is 9.23.